The Balaban J connectivity index is 2.43. The lowest BCUT2D eigenvalue weighted by Gasteiger charge is -2.08. The number of fused-ring (bicyclic) bond motifs is 1. The van der Waals surface area contributed by atoms with E-state index >= 15 is 0 Å². The summed E-state index contributed by atoms with van der Waals surface area (Å²) in [6.45, 7) is 1.14. The monoisotopic (exact) mass is 200 g/mol. The first kappa shape index (κ1) is 8.97. The molecule has 13 heavy (non-hydrogen) atoms. The topological polar surface area (TPSA) is 9.23 Å². The van der Waals surface area contributed by atoms with Crippen LogP contribution in [0.25, 0.3) is 0 Å². The third kappa shape index (κ3) is 1.84. The molecule has 1 nitrogen and oxygen atoms in total. The van der Waals surface area contributed by atoms with E-state index in [0.717, 1.165) is 17.5 Å². The van der Waals surface area contributed by atoms with Gasteiger partial charge >= 0.3 is 0 Å². The summed E-state index contributed by atoms with van der Waals surface area (Å²) < 4.78 is 18.2. The molecule has 1 atom stereocenters. The first-order valence-corrected chi connectivity index (χ1v) is 4.71. The van der Waals surface area contributed by atoms with Crippen LogP contribution in [0.4, 0.5) is 4.39 Å². The van der Waals surface area contributed by atoms with Crippen LogP contribution in [0.1, 0.15) is 16.5 Å². The summed E-state index contributed by atoms with van der Waals surface area (Å²) in [5.41, 5.74) is 1.97. The van der Waals surface area contributed by atoms with Crippen molar-refractivity contribution in [3.63, 3.8) is 0 Å². The van der Waals surface area contributed by atoms with E-state index < -0.39 is 0 Å². The van der Waals surface area contributed by atoms with E-state index in [1.165, 1.54) is 12.1 Å². The van der Waals surface area contributed by atoms with Crippen LogP contribution in [-0.4, -0.2) is 13.2 Å². The van der Waals surface area contributed by atoms with Crippen molar-refractivity contribution in [2.24, 2.45) is 0 Å². The molecule has 1 aliphatic rings. The fourth-order valence-electron chi connectivity index (χ4n) is 1.54. The van der Waals surface area contributed by atoms with Crippen LogP contribution >= 0.6 is 11.6 Å². The van der Waals surface area contributed by atoms with Crippen LogP contribution in [0.3, 0.4) is 0 Å². The van der Waals surface area contributed by atoms with Crippen molar-refractivity contribution in [1.29, 1.82) is 0 Å². The van der Waals surface area contributed by atoms with Crippen LogP contribution in [0.2, 0.25) is 0 Å². The maximum absolute atomic E-state index is 12.9. The summed E-state index contributed by atoms with van der Waals surface area (Å²) in [6, 6.07) is 4.75. The first-order valence-electron chi connectivity index (χ1n) is 4.27. The van der Waals surface area contributed by atoms with Gasteiger partial charge in [-0.2, -0.15) is 0 Å². The van der Waals surface area contributed by atoms with Gasteiger partial charge in [0.1, 0.15) is 5.82 Å². The second-order valence-electron chi connectivity index (χ2n) is 3.14. The van der Waals surface area contributed by atoms with E-state index in [1.807, 2.05) is 0 Å². The SMILES string of the molecule is Fc1ccc2c(c1)C(Cl)COCC2. The van der Waals surface area contributed by atoms with Crippen molar-refractivity contribution in [2.75, 3.05) is 13.2 Å². The second-order valence-corrected chi connectivity index (χ2v) is 3.66. The Kier molecular flexibility index (Phi) is 2.51. The average Bonchev–Trinajstić information content (AvgIpc) is 2.29. The molecule has 2 rings (SSSR count). The standard InChI is InChI=1S/C10H10ClFO/c11-10-6-13-4-3-7-1-2-8(12)5-9(7)10/h1-2,5,10H,3-4,6H2. The summed E-state index contributed by atoms with van der Waals surface area (Å²) in [7, 11) is 0. The largest absolute Gasteiger partial charge is 0.379 e. The molecule has 0 bridgehead atoms. The minimum atomic E-state index is -0.230. The van der Waals surface area contributed by atoms with E-state index in [9.17, 15) is 4.39 Å². The van der Waals surface area contributed by atoms with Gasteiger partial charge in [0, 0.05) is 0 Å². The maximum atomic E-state index is 12.9. The van der Waals surface area contributed by atoms with Crippen molar-refractivity contribution in [3.05, 3.63) is 35.1 Å². The molecular formula is C10H10ClFO. The quantitative estimate of drug-likeness (QED) is 0.585. The Morgan fingerprint density at radius 2 is 2.31 bits per heavy atom. The third-order valence-electron chi connectivity index (χ3n) is 2.23. The summed E-state index contributed by atoms with van der Waals surface area (Å²) >= 11 is 6.03. The molecule has 0 saturated carbocycles. The highest BCUT2D eigenvalue weighted by molar-refractivity contribution is 6.21. The van der Waals surface area contributed by atoms with Gasteiger partial charge in [0.25, 0.3) is 0 Å². The number of rotatable bonds is 0. The van der Waals surface area contributed by atoms with E-state index in [-0.39, 0.29) is 11.2 Å². The molecule has 0 radical (unpaired) electrons. The molecule has 0 aliphatic carbocycles. The predicted molar refractivity (Wildman–Crippen MR) is 49.5 cm³/mol. The van der Waals surface area contributed by atoms with Gasteiger partial charge in [-0.1, -0.05) is 6.07 Å². The van der Waals surface area contributed by atoms with Crippen LogP contribution in [0.15, 0.2) is 18.2 Å². The zero-order valence-electron chi connectivity index (χ0n) is 7.09. The van der Waals surface area contributed by atoms with Gasteiger partial charge in [-0.3, -0.25) is 0 Å². The molecular weight excluding hydrogens is 191 g/mol. The summed E-state index contributed by atoms with van der Waals surface area (Å²) in [6.07, 6.45) is 0.818. The Morgan fingerprint density at radius 1 is 1.46 bits per heavy atom. The molecule has 1 aliphatic heterocycles. The van der Waals surface area contributed by atoms with Crippen molar-refractivity contribution < 1.29 is 9.13 Å². The van der Waals surface area contributed by atoms with Crippen molar-refractivity contribution in [2.45, 2.75) is 11.8 Å². The normalized spacial score (nSPS) is 22.2. The van der Waals surface area contributed by atoms with Crippen LogP contribution in [-0.2, 0) is 11.2 Å². The van der Waals surface area contributed by atoms with Gasteiger partial charge in [0.15, 0.2) is 0 Å². The van der Waals surface area contributed by atoms with Gasteiger partial charge in [0.05, 0.1) is 18.6 Å². The molecule has 0 spiro atoms. The lowest BCUT2D eigenvalue weighted by Crippen LogP contribution is -1.99. The molecule has 0 amide bonds. The van der Waals surface area contributed by atoms with Gasteiger partial charge in [-0.15, -0.1) is 11.6 Å². The molecule has 1 unspecified atom stereocenters. The number of alkyl halides is 1. The zero-order valence-corrected chi connectivity index (χ0v) is 7.85. The molecule has 1 aromatic carbocycles. The van der Waals surface area contributed by atoms with Crippen LogP contribution in [0.5, 0.6) is 0 Å². The molecule has 1 aromatic rings. The number of hydrogen-bond donors (Lipinski definition) is 0. The van der Waals surface area contributed by atoms with Gasteiger partial charge in [-0.25, -0.2) is 4.39 Å². The van der Waals surface area contributed by atoms with E-state index in [2.05, 4.69) is 0 Å². The highest BCUT2D eigenvalue weighted by Crippen LogP contribution is 2.28. The minimum absolute atomic E-state index is 0.215. The number of hydrogen-bond acceptors (Lipinski definition) is 1. The minimum Gasteiger partial charge on any atom is -0.379 e. The molecule has 0 saturated heterocycles. The Hall–Kier alpha value is -0.600. The van der Waals surface area contributed by atoms with Gasteiger partial charge < -0.3 is 4.74 Å². The Morgan fingerprint density at radius 3 is 3.15 bits per heavy atom. The van der Waals surface area contributed by atoms with Crippen molar-refractivity contribution in [3.8, 4) is 0 Å². The summed E-state index contributed by atoms with van der Waals surface area (Å²) in [5, 5.41) is -0.215. The van der Waals surface area contributed by atoms with E-state index in [1.54, 1.807) is 6.07 Å². The van der Waals surface area contributed by atoms with Gasteiger partial charge in [-0.05, 0) is 29.7 Å². The van der Waals surface area contributed by atoms with Gasteiger partial charge in [0.2, 0.25) is 0 Å². The van der Waals surface area contributed by atoms with Crippen LogP contribution < -0.4 is 0 Å². The summed E-state index contributed by atoms with van der Waals surface area (Å²) in [5.74, 6) is -0.230. The smallest absolute Gasteiger partial charge is 0.123 e. The highest BCUT2D eigenvalue weighted by atomic mass is 35.5. The molecule has 70 valence electrons. The summed E-state index contributed by atoms with van der Waals surface area (Å²) in [4.78, 5) is 0. The van der Waals surface area contributed by atoms with Crippen molar-refractivity contribution in [1.82, 2.24) is 0 Å². The average molecular weight is 201 g/mol. The fourth-order valence-corrected chi connectivity index (χ4v) is 1.84. The molecule has 0 aromatic heterocycles. The lowest BCUT2D eigenvalue weighted by molar-refractivity contribution is 0.143. The van der Waals surface area contributed by atoms with Crippen LogP contribution in [0, 0.1) is 5.82 Å². The predicted octanol–water partition coefficient (Wildman–Crippen LogP) is 2.68. The molecule has 0 fully saturated rings. The molecule has 1 heterocycles. The first-order chi connectivity index (χ1) is 6.27. The molecule has 3 heteroatoms. The maximum Gasteiger partial charge on any atom is 0.123 e. The number of halogens is 2. The second kappa shape index (κ2) is 3.64. The number of ether oxygens (including phenoxy) is 1. The Labute approximate surface area is 81.5 Å². The third-order valence-corrected chi connectivity index (χ3v) is 2.59. The highest BCUT2D eigenvalue weighted by Gasteiger charge is 2.16. The Bertz CT molecular complexity index is 314. The van der Waals surface area contributed by atoms with E-state index in [0.29, 0.717) is 13.2 Å². The molecule has 0 N–H and O–H groups in total. The zero-order chi connectivity index (χ0) is 9.26. The van der Waals surface area contributed by atoms with Crippen molar-refractivity contribution >= 4 is 11.6 Å². The fraction of sp³-hybridized carbons (Fsp3) is 0.400. The van der Waals surface area contributed by atoms with E-state index in [4.69, 9.17) is 16.3 Å². The number of benzene rings is 1. The lowest BCUT2D eigenvalue weighted by atomic mass is 10.0.